The molecule has 0 bridgehead atoms. The van der Waals surface area contributed by atoms with Crippen LogP contribution in [-0.2, 0) is 17.8 Å². The van der Waals surface area contributed by atoms with Crippen LogP contribution in [0.4, 0.5) is 0 Å². The van der Waals surface area contributed by atoms with E-state index in [0.717, 1.165) is 12.0 Å². The molecular weight excluding hydrogens is 318 g/mol. The van der Waals surface area contributed by atoms with E-state index >= 15 is 0 Å². The minimum Gasteiger partial charge on any atom is -0.371 e. The fourth-order valence-electron chi connectivity index (χ4n) is 2.86. The van der Waals surface area contributed by atoms with E-state index in [1.807, 2.05) is 18.2 Å². The van der Waals surface area contributed by atoms with Gasteiger partial charge in [0.15, 0.2) is 11.5 Å². The molecule has 1 aliphatic heterocycles. The second-order valence-corrected chi connectivity index (χ2v) is 5.93. The maximum atomic E-state index is 12.3. The number of ether oxygens (including phenoxy) is 1. The average molecular weight is 335 g/mol. The summed E-state index contributed by atoms with van der Waals surface area (Å²) in [6, 6.07) is 13.5. The van der Waals surface area contributed by atoms with E-state index in [4.69, 9.17) is 9.26 Å². The second-order valence-electron chi connectivity index (χ2n) is 5.93. The number of nitrogens with one attached hydrogen (secondary N) is 1. The molecule has 0 aliphatic carbocycles. The molecule has 2 aromatic heterocycles. The van der Waals surface area contributed by atoms with Gasteiger partial charge in [-0.1, -0.05) is 29.4 Å². The van der Waals surface area contributed by atoms with Crippen LogP contribution in [-0.4, -0.2) is 28.7 Å². The van der Waals surface area contributed by atoms with Crippen LogP contribution in [0.1, 0.15) is 21.6 Å². The second kappa shape index (κ2) is 6.86. The van der Waals surface area contributed by atoms with Crippen molar-refractivity contribution in [3.63, 3.8) is 0 Å². The van der Waals surface area contributed by atoms with Crippen molar-refractivity contribution < 1.29 is 14.1 Å². The molecule has 0 radical (unpaired) electrons. The predicted molar refractivity (Wildman–Crippen MR) is 90.8 cm³/mol. The SMILES string of the molecule is O=C(NCC1Cc2ccccc2CO1)c1cc(-c2cccnc2)on1. The first kappa shape index (κ1) is 15.5. The molecule has 0 spiro atoms. The van der Waals surface area contributed by atoms with Gasteiger partial charge in [0.25, 0.3) is 5.91 Å². The monoisotopic (exact) mass is 335 g/mol. The Balaban J connectivity index is 1.36. The topological polar surface area (TPSA) is 77.2 Å². The molecule has 0 fully saturated rings. The number of pyridine rings is 1. The van der Waals surface area contributed by atoms with E-state index in [1.54, 1.807) is 24.5 Å². The first-order chi connectivity index (χ1) is 12.3. The summed E-state index contributed by atoms with van der Waals surface area (Å²) in [6.45, 7) is 1.01. The Bertz CT molecular complexity index is 876. The van der Waals surface area contributed by atoms with Gasteiger partial charge >= 0.3 is 0 Å². The molecule has 0 saturated heterocycles. The maximum Gasteiger partial charge on any atom is 0.273 e. The Labute approximate surface area is 144 Å². The number of amides is 1. The normalized spacial score (nSPS) is 16.2. The van der Waals surface area contributed by atoms with E-state index in [2.05, 4.69) is 27.6 Å². The minimum atomic E-state index is -0.277. The highest BCUT2D eigenvalue weighted by atomic mass is 16.5. The summed E-state index contributed by atoms with van der Waals surface area (Å²) >= 11 is 0. The van der Waals surface area contributed by atoms with Crippen molar-refractivity contribution in [2.75, 3.05) is 6.54 Å². The van der Waals surface area contributed by atoms with Crippen LogP contribution in [0.5, 0.6) is 0 Å². The van der Waals surface area contributed by atoms with Crippen molar-refractivity contribution in [3.05, 3.63) is 71.7 Å². The Hall–Kier alpha value is -2.99. The standard InChI is InChI=1S/C19H17N3O3/c23-19(17-9-18(25-22-17)14-6-3-7-20-10-14)21-11-16-8-13-4-1-2-5-15(13)12-24-16/h1-7,9-10,16H,8,11-12H2,(H,21,23). The first-order valence-corrected chi connectivity index (χ1v) is 8.13. The summed E-state index contributed by atoms with van der Waals surface area (Å²) in [5.74, 6) is 0.238. The van der Waals surface area contributed by atoms with Crippen molar-refractivity contribution in [3.8, 4) is 11.3 Å². The Kier molecular flexibility index (Phi) is 4.26. The van der Waals surface area contributed by atoms with Crippen LogP contribution >= 0.6 is 0 Å². The summed E-state index contributed by atoms with van der Waals surface area (Å²) in [5.41, 5.74) is 3.51. The van der Waals surface area contributed by atoms with Gasteiger partial charge in [0.05, 0.1) is 12.7 Å². The molecule has 4 rings (SSSR count). The zero-order chi connectivity index (χ0) is 17.1. The average Bonchev–Trinajstić information content (AvgIpc) is 3.17. The number of benzene rings is 1. The van der Waals surface area contributed by atoms with Gasteiger partial charge in [-0.05, 0) is 23.3 Å². The smallest absolute Gasteiger partial charge is 0.273 e. The lowest BCUT2D eigenvalue weighted by molar-refractivity contribution is 0.0284. The van der Waals surface area contributed by atoms with Crippen LogP contribution in [0.25, 0.3) is 11.3 Å². The van der Waals surface area contributed by atoms with E-state index in [-0.39, 0.29) is 17.7 Å². The minimum absolute atomic E-state index is 0.0384. The molecule has 1 aliphatic rings. The molecule has 6 heteroatoms. The zero-order valence-corrected chi connectivity index (χ0v) is 13.5. The van der Waals surface area contributed by atoms with E-state index in [9.17, 15) is 4.79 Å². The summed E-state index contributed by atoms with van der Waals surface area (Å²) in [5, 5.41) is 6.70. The van der Waals surface area contributed by atoms with Crippen molar-refractivity contribution in [2.45, 2.75) is 19.1 Å². The summed E-state index contributed by atoms with van der Waals surface area (Å²) in [4.78, 5) is 16.3. The molecule has 126 valence electrons. The summed E-state index contributed by atoms with van der Waals surface area (Å²) < 4.78 is 11.0. The number of carbonyl (C=O) groups is 1. The third-order valence-corrected chi connectivity index (χ3v) is 4.22. The highest BCUT2D eigenvalue weighted by Crippen LogP contribution is 2.21. The van der Waals surface area contributed by atoms with Gasteiger partial charge in [-0.25, -0.2) is 0 Å². The molecule has 3 aromatic rings. The number of fused-ring (bicyclic) bond motifs is 1. The molecular formula is C19H17N3O3. The van der Waals surface area contributed by atoms with Crippen LogP contribution < -0.4 is 5.32 Å². The number of rotatable bonds is 4. The molecule has 1 unspecified atom stereocenters. The predicted octanol–water partition coefficient (Wildman–Crippen LogP) is 2.61. The molecule has 1 amide bonds. The van der Waals surface area contributed by atoms with Crippen LogP contribution in [0.2, 0.25) is 0 Å². The van der Waals surface area contributed by atoms with Crippen LogP contribution in [0.15, 0.2) is 59.4 Å². The van der Waals surface area contributed by atoms with Crippen molar-refractivity contribution in [1.29, 1.82) is 0 Å². The Morgan fingerprint density at radius 1 is 1.20 bits per heavy atom. The van der Waals surface area contributed by atoms with Gasteiger partial charge in [-0.2, -0.15) is 0 Å². The van der Waals surface area contributed by atoms with E-state index in [0.29, 0.717) is 18.9 Å². The number of aromatic nitrogens is 2. The largest absolute Gasteiger partial charge is 0.371 e. The maximum absolute atomic E-state index is 12.3. The highest BCUT2D eigenvalue weighted by Gasteiger charge is 2.20. The van der Waals surface area contributed by atoms with Gasteiger partial charge in [0, 0.05) is 37.0 Å². The molecule has 1 N–H and O–H groups in total. The Morgan fingerprint density at radius 2 is 2.08 bits per heavy atom. The van der Waals surface area contributed by atoms with E-state index < -0.39 is 0 Å². The molecule has 6 nitrogen and oxygen atoms in total. The Morgan fingerprint density at radius 3 is 2.92 bits per heavy atom. The number of nitrogens with zero attached hydrogens (tertiary/aromatic N) is 2. The molecule has 1 atom stereocenters. The summed E-state index contributed by atoms with van der Waals surface area (Å²) in [7, 11) is 0. The molecule has 25 heavy (non-hydrogen) atoms. The number of hydrogen-bond donors (Lipinski definition) is 1. The van der Waals surface area contributed by atoms with E-state index in [1.165, 1.54) is 11.1 Å². The number of carbonyl (C=O) groups excluding carboxylic acids is 1. The highest BCUT2D eigenvalue weighted by molar-refractivity contribution is 5.93. The van der Waals surface area contributed by atoms with Gasteiger partial charge in [-0.3, -0.25) is 9.78 Å². The third kappa shape index (κ3) is 3.44. The summed E-state index contributed by atoms with van der Waals surface area (Å²) in [6.07, 6.45) is 4.09. The van der Waals surface area contributed by atoms with Crippen molar-refractivity contribution in [1.82, 2.24) is 15.5 Å². The lowest BCUT2D eigenvalue weighted by Gasteiger charge is -2.25. The first-order valence-electron chi connectivity index (χ1n) is 8.13. The van der Waals surface area contributed by atoms with Crippen LogP contribution in [0.3, 0.4) is 0 Å². The molecule has 0 saturated carbocycles. The van der Waals surface area contributed by atoms with Gasteiger partial charge in [0.1, 0.15) is 0 Å². The van der Waals surface area contributed by atoms with Crippen LogP contribution in [0, 0.1) is 0 Å². The molecule has 1 aromatic carbocycles. The van der Waals surface area contributed by atoms with Crippen molar-refractivity contribution >= 4 is 5.91 Å². The quantitative estimate of drug-likeness (QED) is 0.793. The van der Waals surface area contributed by atoms with Gasteiger partial charge < -0.3 is 14.6 Å². The van der Waals surface area contributed by atoms with Crippen molar-refractivity contribution in [2.24, 2.45) is 0 Å². The fourth-order valence-corrected chi connectivity index (χ4v) is 2.86. The number of hydrogen-bond acceptors (Lipinski definition) is 5. The van der Waals surface area contributed by atoms with Gasteiger partial charge in [-0.15, -0.1) is 0 Å². The lowest BCUT2D eigenvalue weighted by atomic mass is 9.99. The third-order valence-electron chi connectivity index (χ3n) is 4.22. The molecule has 3 heterocycles. The fraction of sp³-hybridized carbons (Fsp3) is 0.211. The van der Waals surface area contributed by atoms with Gasteiger partial charge in [0.2, 0.25) is 0 Å². The lowest BCUT2D eigenvalue weighted by Crippen LogP contribution is -2.36. The zero-order valence-electron chi connectivity index (χ0n) is 13.5.